The topological polar surface area (TPSA) is 459 Å². The molecule has 2 heterocycles. The number of carboxylic acid groups (broad SMARTS) is 2. The molecule has 94 heavy (non-hydrogen) atoms. The van der Waals surface area contributed by atoms with Crippen LogP contribution in [0.3, 0.4) is 0 Å². The van der Waals surface area contributed by atoms with Gasteiger partial charge in [0.1, 0.15) is 60.1 Å². The lowest BCUT2D eigenvalue weighted by Gasteiger charge is -2.31. The minimum Gasteiger partial charge on any atom is -0.508 e. The van der Waals surface area contributed by atoms with Crippen LogP contribution in [0.15, 0.2) is 115 Å². The predicted octanol–water partition coefficient (Wildman–Crippen LogP) is -0.0295. The van der Waals surface area contributed by atoms with Crippen molar-refractivity contribution in [1.29, 1.82) is 0 Å². The third-order valence-corrected chi connectivity index (χ3v) is 16.0. The zero-order chi connectivity index (χ0) is 68.6. The van der Waals surface area contributed by atoms with Gasteiger partial charge in [-0.25, -0.2) is 4.79 Å². The Kier molecular flexibility index (Phi) is 27.6. The number of carbonyl (C=O) groups is 12. The average molecular weight is 1300 g/mol. The Morgan fingerprint density at radius 3 is 1.57 bits per heavy atom. The van der Waals surface area contributed by atoms with Gasteiger partial charge in [0.2, 0.25) is 59.1 Å². The summed E-state index contributed by atoms with van der Waals surface area (Å²) in [5, 5.41) is 51.3. The summed E-state index contributed by atoms with van der Waals surface area (Å²) in [5.41, 5.74) is 20.1. The maximum Gasteiger partial charge on any atom is 0.326 e. The first-order valence-electron chi connectivity index (χ1n) is 31.2. The number of nitrogens with one attached hydrogen (secondary N) is 9. The SMILES string of the molecule is CCC[C@H](NC(=O)[C@H](CCCN)NC(=O)[C@@H](N)C(C)C)C(=O)N[C@@H](Cc1ccc(O)cc1)C(=O)N1CCC[C@H]1C(=O)N[C@@H](Cc1ccccc1)C(=O)N[C@@H](Cc1ccccc1)C(=O)N[C@@H](CC(N)=O)C(=O)N[C@@H](CC(=O)O)C(=O)N[C@@H](Cc1c[nH]c2ccccc12)C(=O)O. The van der Waals surface area contributed by atoms with E-state index in [0.29, 0.717) is 52.4 Å². The number of aromatic hydroxyl groups is 1. The number of H-pyrrole nitrogens is 1. The second kappa shape index (κ2) is 35.6. The number of carboxylic acids is 2. The number of aromatic amines is 1. The minimum absolute atomic E-state index is 0.0281. The van der Waals surface area contributed by atoms with Gasteiger partial charge in [-0.3, -0.25) is 52.7 Å². The highest BCUT2D eigenvalue weighted by Crippen LogP contribution is 2.23. The van der Waals surface area contributed by atoms with Crippen LogP contribution < -0.4 is 59.7 Å². The number of hydrogen-bond donors (Lipinski definition) is 15. The number of primary amides is 1. The van der Waals surface area contributed by atoms with Gasteiger partial charge in [0, 0.05) is 49.3 Å². The van der Waals surface area contributed by atoms with Gasteiger partial charge >= 0.3 is 11.9 Å². The van der Waals surface area contributed by atoms with Crippen LogP contribution in [0.1, 0.15) is 94.4 Å². The Morgan fingerprint density at radius 2 is 1.02 bits per heavy atom. The van der Waals surface area contributed by atoms with Crippen LogP contribution in [0.4, 0.5) is 0 Å². The summed E-state index contributed by atoms with van der Waals surface area (Å²) in [6, 6.07) is 15.2. The van der Waals surface area contributed by atoms with Gasteiger partial charge in [0.25, 0.3) is 0 Å². The number of likely N-dealkylation sites (tertiary alicyclic amines) is 1. The molecule has 4 aromatic carbocycles. The number of amides is 10. The van der Waals surface area contributed by atoms with Crippen molar-refractivity contribution in [3.8, 4) is 5.75 Å². The molecular weight excluding hydrogens is 1210 g/mol. The Labute approximate surface area is 543 Å². The van der Waals surface area contributed by atoms with E-state index in [1.807, 2.05) is 0 Å². The zero-order valence-electron chi connectivity index (χ0n) is 52.6. The summed E-state index contributed by atoms with van der Waals surface area (Å²) in [6.45, 7) is 5.52. The van der Waals surface area contributed by atoms with Gasteiger partial charge < -0.3 is 84.9 Å². The first kappa shape index (κ1) is 72.8. The standard InChI is InChI=1S/C66H85N13O15/c1-4-15-45(71-58(85)46(22-13-28-67)72-64(91)56(69)37(2)3)57(84)77-51(32-40-24-26-42(80)27-25-40)65(92)79-29-14-23-53(79)63(90)76-48(31-39-18-9-6-10-19-39)60(87)73-47(30-38-16-7-5-8-17-38)59(86)74-49(34-54(68)81)61(88)75-50(35-55(82)83)62(89)78-52(66(93)94)33-41-36-70-44-21-12-11-20-43(41)44/h5-12,16-21,24-27,36-37,45-53,56,70,80H,4,13-15,22-23,28-35,67,69H2,1-3H3,(H2,68,81)(H,71,85)(H,72,91)(H,73,87)(H,74,86)(H,75,88)(H,76,90)(H,77,84)(H,78,89)(H,82,83)(H,93,94)/t45-,46-,47-,48-,49-,50-,51-,52-,53-,56-/m0/s1. The van der Waals surface area contributed by atoms with Gasteiger partial charge in [-0.1, -0.05) is 118 Å². The van der Waals surface area contributed by atoms with E-state index in [0.717, 1.165) is 0 Å². The number of fused-ring (bicyclic) bond motifs is 1. The molecule has 0 saturated carbocycles. The summed E-state index contributed by atoms with van der Waals surface area (Å²) >= 11 is 0. The van der Waals surface area contributed by atoms with Crippen molar-refractivity contribution in [2.75, 3.05) is 13.1 Å². The van der Waals surface area contributed by atoms with Crippen molar-refractivity contribution in [1.82, 2.24) is 52.4 Å². The van der Waals surface area contributed by atoms with Gasteiger partial charge in [-0.05, 0) is 85.0 Å². The molecule has 0 bridgehead atoms. The lowest BCUT2D eigenvalue weighted by molar-refractivity contribution is -0.144. The highest BCUT2D eigenvalue weighted by Gasteiger charge is 2.41. The Bertz CT molecular complexity index is 3460. The highest BCUT2D eigenvalue weighted by atomic mass is 16.4. The first-order chi connectivity index (χ1) is 44.8. The second-order valence-electron chi connectivity index (χ2n) is 23.6. The number of rotatable bonds is 36. The fourth-order valence-electron chi connectivity index (χ4n) is 10.8. The Morgan fingerprint density at radius 1 is 0.553 bits per heavy atom. The molecule has 5 aromatic rings. The second-order valence-corrected chi connectivity index (χ2v) is 23.6. The van der Waals surface area contributed by atoms with Gasteiger partial charge in [0.05, 0.1) is 18.9 Å². The fraction of sp³-hybridized carbons (Fsp3) is 0.424. The molecule has 10 atom stereocenters. The smallest absolute Gasteiger partial charge is 0.326 e. The van der Waals surface area contributed by atoms with E-state index in [1.165, 1.54) is 17.0 Å². The molecule has 1 aliphatic rings. The van der Waals surface area contributed by atoms with Gasteiger partial charge in [-0.2, -0.15) is 0 Å². The van der Waals surface area contributed by atoms with Gasteiger partial charge in [-0.15, -0.1) is 0 Å². The number of phenols is 1. The van der Waals surface area contributed by atoms with Crippen LogP contribution in [0.5, 0.6) is 5.75 Å². The summed E-state index contributed by atoms with van der Waals surface area (Å²) in [7, 11) is 0. The summed E-state index contributed by atoms with van der Waals surface area (Å²) in [4.78, 5) is 170. The average Bonchev–Trinajstić information content (AvgIpc) is 1.74. The number of phenolic OH excluding ortho intramolecular Hbond substituents is 1. The van der Waals surface area contributed by atoms with Crippen molar-refractivity contribution >= 4 is 81.9 Å². The van der Waals surface area contributed by atoms with E-state index in [-0.39, 0.29) is 69.7 Å². The molecule has 1 aromatic heterocycles. The first-order valence-corrected chi connectivity index (χ1v) is 31.2. The zero-order valence-corrected chi connectivity index (χ0v) is 52.6. The molecule has 6 rings (SSSR count). The van der Waals surface area contributed by atoms with Gasteiger partial charge in [0.15, 0.2) is 0 Å². The molecule has 10 amide bonds. The number of nitrogens with zero attached hydrogens (tertiary/aromatic N) is 1. The van der Waals surface area contributed by atoms with Crippen LogP contribution in [-0.2, 0) is 83.2 Å². The summed E-state index contributed by atoms with van der Waals surface area (Å²) in [6.07, 6.45) is 0.144. The lowest BCUT2D eigenvalue weighted by Crippen LogP contribution is -2.61. The summed E-state index contributed by atoms with van der Waals surface area (Å²) in [5.74, 6) is -12.5. The van der Waals surface area contributed by atoms with E-state index < -0.39 is 144 Å². The monoisotopic (exact) mass is 1300 g/mol. The third-order valence-electron chi connectivity index (χ3n) is 16.0. The third kappa shape index (κ3) is 21.7. The van der Waals surface area contributed by atoms with E-state index in [1.54, 1.807) is 124 Å². The van der Waals surface area contributed by atoms with Crippen molar-refractivity contribution in [2.45, 2.75) is 158 Å². The number of carbonyl (C=O) groups excluding carboxylic acids is 10. The maximum absolute atomic E-state index is 15.0. The molecule has 0 radical (unpaired) electrons. The fourth-order valence-corrected chi connectivity index (χ4v) is 10.8. The lowest BCUT2D eigenvalue weighted by atomic mass is 10.0. The number of benzene rings is 4. The predicted molar refractivity (Wildman–Crippen MR) is 344 cm³/mol. The number of aliphatic carboxylic acids is 2. The number of aromatic nitrogens is 1. The molecule has 18 N–H and O–H groups in total. The number of nitrogens with two attached hydrogens (primary N) is 3. The molecular formula is C66H85N13O15. The molecule has 1 saturated heterocycles. The maximum atomic E-state index is 15.0. The molecule has 28 heteroatoms. The van der Waals surface area contributed by atoms with E-state index in [4.69, 9.17) is 17.2 Å². The molecule has 504 valence electrons. The van der Waals surface area contributed by atoms with Crippen LogP contribution in [0.25, 0.3) is 10.9 Å². The van der Waals surface area contributed by atoms with Crippen LogP contribution in [-0.4, -0.2) is 170 Å². The number of hydrogen-bond acceptors (Lipinski definition) is 15. The molecule has 0 aliphatic carbocycles. The van der Waals surface area contributed by atoms with E-state index >= 15 is 4.79 Å². The van der Waals surface area contributed by atoms with E-state index in [2.05, 4.69) is 47.5 Å². The normalized spacial score (nSPS) is 15.7. The Balaban J connectivity index is 1.23. The largest absolute Gasteiger partial charge is 0.508 e. The molecule has 1 fully saturated rings. The Hall–Kier alpha value is -10.2. The van der Waals surface area contributed by atoms with Crippen LogP contribution in [0, 0.1) is 5.92 Å². The van der Waals surface area contributed by atoms with Crippen molar-refractivity contribution in [3.63, 3.8) is 0 Å². The number of para-hydroxylation sites is 1. The van der Waals surface area contributed by atoms with E-state index in [9.17, 15) is 68.1 Å². The van der Waals surface area contributed by atoms with Crippen molar-refractivity contribution in [3.05, 3.63) is 138 Å². The molecule has 1 aliphatic heterocycles. The molecule has 0 unspecified atom stereocenters. The molecule has 28 nitrogen and oxygen atoms in total. The van der Waals surface area contributed by atoms with Crippen LogP contribution >= 0.6 is 0 Å². The molecule has 0 spiro atoms. The summed E-state index contributed by atoms with van der Waals surface area (Å²) < 4.78 is 0. The minimum atomic E-state index is -1.96. The highest BCUT2D eigenvalue weighted by molar-refractivity contribution is 6.00. The van der Waals surface area contributed by atoms with Crippen molar-refractivity contribution in [2.24, 2.45) is 23.1 Å². The van der Waals surface area contributed by atoms with Crippen LogP contribution in [0.2, 0.25) is 0 Å². The van der Waals surface area contributed by atoms with Crippen molar-refractivity contribution < 1.29 is 72.9 Å². The quantitative estimate of drug-likeness (QED) is 0.0250.